The maximum Gasteiger partial charge on any atom is 0.274 e. The zero-order chi connectivity index (χ0) is 29.2. The first-order chi connectivity index (χ1) is 19.8. The molecule has 1 unspecified atom stereocenters. The van der Waals surface area contributed by atoms with Gasteiger partial charge in [0.25, 0.3) is 11.8 Å². The molecule has 11 nitrogen and oxygen atoms in total. The van der Waals surface area contributed by atoms with Crippen molar-refractivity contribution in [2.45, 2.75) is 38.3 Å². The number of benzene rings is 1. The molecule has 0 radical (unpaired) electrons. The van der Waals surface area contributed by atoms with Gasteiger partial charge in [0, 0.05) is 32.9 Å². The van der Waals surface area contributed by atoms with Crippen molar-refractivity contribution in [2.24, 2.45) is 0 Å². The van der Waals surface area contributed by atoms with Gasteiger partial charge in [0.15, 0.2) is 29.1 Å². The summed E-state index contributed by atoms with van der Waals surface area (Å²) in [5.74, 6) is 0.612. The first-order valence-corrected chi connectivity index (χ1v) is 14.1. The number of nitrogens with zero attached hydrogens (tertiary/aromatic N) is 5. The van der Waals surface area contributed by atoms with Crippen molar-refractivity contribution in [1.29, 1.82) is 0 Å². The molecule has 1 atom stereocenters. The number of carbonyl (C=O) groups excluding carboxylic acids is 2. The molecule has 0 aliphatic carbocycles. The van der Waals surface area contributed by atoms with Crippen molar-refractivity contribution < 1.29 is 14.3 Å². The Kier molecular flexibility index (Phi) is 10.7. The van der Waals surface area contributed by atoms with Crippen LogP contribution in [0.2, 0.25) is 5.15 Å². The summed E-state index contributed by atoms with van der Waals surface area (Å²) in [4.78, 5) is 41.8. The fraction of sp³-hybridized carbons (Fsp3) is 0.414. The fourth-order valence-electron chi connectivity index (χ4n) is 4.73. The van der Waals surface area contributed by atoms with E-state index in [2.05, 4.69) is 30.5 Å². The summed E-state index contributed by atoms with van der Waals surface area (Å²) < 4.78 is 5.70. The molecule has 1 saturated heterocycles. The summed E-state index contributed by atoms with van der Waals surface area (Å²) in [7, 11) is 3.40. The lowest BCUT2D eigenvalue weighted by Gasteiger charge is -2.33. The van der Waals surface area contributed by atoms with Crippen molar-refractivity contribution in [1.82, 2.24) is 30.1 Å². The zero-order valence-corrected chi connectivity index (χ0v) is 24.2. The monoisotopic (exact) mass is 580 g/mol. The summed E-state index contributed by atoms with van der Waals surface area (Å²) in [5, 5.41) is 5.94. The smallest absolute Gasteiger partial charge is 0.274 e. The quantitative estimate of drug-likeness (QED) is 0.295. The van der Waals surface area contributed by atoms with E-state index in [9.17, 15) is 9.59 Å². The largest absolute Gasteiger partial charge is 0.484 e. The highest BCUT2D eigenvalue weighted by atomic mass is 35.5. The molecule has 3 aromatic rings. The van der Waals surface area contributed by atoms with Gasteiger partial charge < -0.3 is 30.9 Å². The van der Waals surface area contributed by atoms with Gasteiger partial charge in [0.2, 0.25) is 0 Å². The molecule has 4 rings (SSSR count). The van der Waals surface area contributed by atoms with Crippen molar-refractivity contribution in [3.05, 3.63) is 70.8 Å². The molecule has 2 aromatic heterocycles. The Bertz CT molecular complexity index is 1310. The van der Waals surface area contributed by atoms with E-state index in [-0.39, 0.29) is 41.1 Å². The van der Waals surface area contributed by atoms with Gasteiger partial charge in [-0.25, -0.2) is 9.97 Å². The van der Waals surface area contributed by atoms with Crippen LogP contribution in [-0.2, 0) is 17.8 Å². The molecule has 41 heavy (non-hydrogen) atoms. The molecular weight excluding hydrogens is 544 g/mol. The van der Waals surface area contributed by atoms with Crippen LogP contribution >= 0.6 is 11.6 Å². The molecule has 1 aliphatic rings. The fourth-order valence-corrected chi connectivity index (χ4v) is 4.85. The number of nitrogen functional groups attached to an aromatic ring is 1. The van der Waals surface area contributed by atoms with Crippen molar-refractivity contribution in [2.75, 3.05) is 51.4 Å². The molecular formula is C29H37ClN8O3. The number of halogens is 1. The lowest BCUT2D eigenvalue weighted by molar-refractivity contribution is -0.132. The van der Waals surface area contributed by atoms with Crippen LogP contribution in [0.4, 0.5) is 11.6 Å². The number of amides is 2. The zero-order valence-electron chi connectivity index (χ0n) is 23.5. The number of pyridine rings is 1. The summed E-state index contributed by atoms with van der Waals surface area (Å²) in [6.45, 7) is 3.11. The molecule has 218 valence electrons. The van der Waals surface area contributed by atoms with E-state index < -0.39 is 0 Å². The van der Waals surface area contributed by atoms with Gasteiger partial charge in [-0.05, 0) is 68.6 Å². The van der Waals surface area contributed by atoms with E-state index in [1.807, 2.05) is 42.5 Å². The number of likely N-dealkylation sites (N-methyl/N-ethyl adjacent to an activating group) is 1. The van der Waals surface area contributed by atoms with Gasteiger partial charge in [-0.1, -0.05) is 29.8 Å². The number of aryl methyl sites for hydroxylation is 1. The Hall–Kier alpha value is -3.96. The number of ether oxygens (including phenoxy) is 1. The molecule has 1 aromatic carbocycles. The van der Waals surface area contributed by atoms with Gasteiger partial charge in [0.1, 0.15) is 5.75 Å². The number of rotatable bonds is 12. The molecule has 0 saturated carbocycles. The predicted octanol–water partition coefficient (Wildman–Crippen LogP) is 3.01. The van der Waals surface area contributed by atoms with Gasteiger partial charge >= 0.3 is 0 Å². The minimum Gasteiger partial charge on any atom is -0.484 e. The van der Waals surface area contributed by atoms with Crippen molar-refractivity contribution in [3.8, 4) is 5.75 Å². The Morgan fingerprint density at radius 1 is 1.20 bits per heavy atom. The summed E-state index contributed by atoms with van der Waals surface area (Å²) in [5.41, 5.74) is 7.89. The maximum atomic E-state index is 12.9. The standard InChI is InChI=1S/C29H37ClN8O3/c1-32-28-25(35-26(30)27(31)36-28)29(40)34-22-9-6-16-38(18-22)15-5-7-20-10-12-23(13-11-20)41-19-24(39)37(2)17-21-8-3-4-14-33-21/h3-4,8,10-14,22H,5-7,9,15-19H2,1-2H3,(H,34,40)(H3,31,32,36). The number of piperidine rings is 1. The van der Waals surface area contributed by atoms with E-state index >= 15 is 0 Å². The number of nitrogens with one attached hydrogen (secondary N) is 2. The third kappa shape index (κ3) is 8.76. The highest BCUT2D eigenvalue weighted by molar-refractivity contribution is 6.31. The van der Waals surface area contributed by atoms with E-state index in [4.69, 9.17) is 22.1 Å². The molecule has 1 aliphatic heterocycles. The highest BCUT2D eigenvalue weighted by Gasteiger charge is 2.24. The van der Waals surface area contributed by atoms with E-state index in [1.54, 1.807) is 25.2 Å². The van der Waals surface area contributed by atoms with Crippen LogP contribution in [-0.4, -0.2) is 82.9 Å². The molecule has 12 heteroatoms. The highest BCUT2D eigenvalue weighted by Crippen LogP contribution is 2.20. The second-order valence-electron chi connectivity index (χ2n) is 10.1. The van der Waals surface area contributed by atoms with Crippen LogP contribution in [0.5, 0.6) is 5.75 Å². The van der Waals surface area contributed by atoms with Crippen LogP contribution in [0.25, 0.3) is 0 Å². The van der Waals surface area contributed by atoms with Gasteiger partial charge in [-0.2, -0.15) is 0 Å². The number of carbonyl (C=O) groups is 2. The van der Waals surface area contributed by atoms with E-state index in [0.29, 0.717) is 18.1 Å². The van der Waals surface area contributed by atoms with Crippen LogP contribution in [0.1, 0.15) is 41.0 Å². The number of anilines is 2. The lowest BCUT2D eigenvalue weighted by atomic mass is 10.0. The Morgan fingerprint density at radius 2 is 2.00 bits per heavy atom. The first kappa shape index (κ1) is 30.0. The van der Waals surface area contributed by atoms with Gasteiger partial charge in [-0.15, -0.1) is 0 Å². The number of nitrogens with two attached hydrogens (primary N) is 1. The van der Waals surface area contributed by atoms with Crippen LogP contribution in [0.3, 0.4) is 0 Å². The third-order valence-corrected chi connectivity index (χ3v) is 7.23. The third-order valence-electron chi connectivity index (χ3n) is 6.95. The Balaban J connectivity index is 1.18. The molecule has 1 fully saturated rings. The van der Waals surface area contributed by atoms with E-state index in [0.717, 1.165) is 51.0 Å². The summed E-state index contributed by atoms with van der Waals surface area (Å²) >= 11 is 5.99. The number of likely N-dealkylation sites (tertiary alicyclic amines) is 1. The first-order valence-electron chi connectivity index (χ1n) is 13.7. The van der Waals surface area contributed by atoms with Gasteiger partial charge in [-0.3, -0.25) is 14.6 Å². The van der Waals surface area contributed by atoms with Crippen LogP contribution in [0, 0.1) is 0 Å². The second kappa shape index (κ2) is 14.6. The molecule has 3 heterocycles. The number of hydrogen-bond acceptors (Lipinski definition) is 9. The molecule has 0 bridgehead atoms. The summed E-state index contributed by atoms with van der Waals surface area (Å²) in [6, 6.07) is 13.5. The maximum absolute atomic E-state index is 12.9. The molecule has 2 amide bonds. The van der Waals surface area contributed by atoms with Crippen LogP contribution in [0.15, 0.2) is 48.7 Å². The minimum atomic E-state index is -0.320. The topological polar surface area (TPSA) is 139 Å². The normalized spacial score (nSPS) is 15.2. The van der Waals surface area contributed by atoms with Gasteiger partial charge in [0.05, 0.1) is 12.2 Å². The minimum absolute atomic E-state index is 0.0108. The second-order valence-corrected chi connectivity index (χ2v) is 10.4. The lowest BCUT2D eigenvalue weighted by Crippen LogP contribution is -2.48. The molecule has 4 N–H and O–H groups in total. The average Bonchev–Trinajstić information content (AvgIpc) is 2.98. The Morgan fingerprint density at radius 3 is 2.73 bits per heavy atom. The van der Waals surface area contributed by atoms with Crippen LogP contribution < -0.4 is 21.1 Å². The van der Waals surface area contributed by atoms with Crippen molar-refractivity contribution >= 4 is 35.1 Å². The SMILES string of the molecule is CNc1nc(N)c(Cl)nc1C(=O)NC1CCCN(CCCc2ccc(OCC(=O)N(C)Cc3ccccn3)cc2)C1. The molecule has 0 spiro atoms. The Labute approximate surface area is 245 Å². The predicted molar refractivity (Wildman–Crippen MR) is 159 cm³/mol. The van der Waals surface area contributed by atoms with E-state index in [1.165, 1.54) is 5.56 Å². The van der Waals surface area contributed by atoms with Crippen molar-refractivity contribution in [3.63, 3.8) is 0 Å². The number of hydrogen-bond donors (Lipinski definition) is 3. The average molecular weight is 581 g/mol. The summed E-state index contributed by atoms with van der Waals surface area (Å²) in [6.07, 6.45) is 5.52. The number of aromatic nitrogens is 3.